The van der Waals surface area contributed by atoms with E-state index in [1.54, 1.807) is 33.5 Å². The predicted octanol–water partition coefficient (Wildman–Crippen LogP) is 5.84. The highest BCUT2D eigenvalue weighted by molar-refractivity contribution is 5.89. The van der Waals surface area contributed by atoms with E-state index in [9.17, 15) is 9.90 Å². The van der Waals surface area contributed by atoms with Crippen LogP contribution in [0.25, 0.3) is 11.3 Å². The lowest BCUT2D eigenvalue weighted by atomic mass is 10.0. The van der Waals surface area contributed by atoms with Crippen molar-refractivity contribution in [1.82, 2.24) is 4.98 Å². The number of aryl methyl sites for hydroxylation is 2. The van der Waals surface area contributed by atoms with Crippen molar-refractivity contribution in [2.45, 2.75) is 19.4 Å². The number of aromatic nitrogens is 1. The number of hydrogen-bond donors (Lipinski definition) is 1. The highest BCUT2D eigenvalue weighted by Gasteiger charge is 2.17. The van der Waals surface area contributed by atoms with Gasteiger partial charge in [-0.3, -0.25) is 4.98 Å². The molecule has 0 atom stereocenters. The molecule has 7 heteroatoms. The molecule has 0 radical (unpaired) electrons. The molecule has 0 aliphatic heterocycles. The van der Waals surface area contributed by atoms with Crippen LogP contribution in [-0.4, -0.2) is 37.4 Å². The lowest BCUT2D eigenvalue weighted by Gasteiger charge is -2.15. The van der Waals surface area contributed by atoms with Crippen LogP contribution >= 0.6 is 0 Å². The summed E-state index contributed by atoms with van der Waals surface area (Å²) in [7, 11) is 4.80. The van der Waals surface area contributed by atoms with E-state index in [0.717, 1.165) is 11.1 Å². The van der Waals surface area contributed by atoms with Crippen LogP contribution in [0.1, 0.15) is 27.2 Å². The normalized spacial score (nSPS) is 10.6. The van der Waals surface area contributed by atoms with E-state index in [1.165, 1.54) is 0 Å². The molecule has 1 heterocycles. The van der Waals surface area contributed by atoms with Gasteiger partial charge in [-0.15, -0.1) is 0 Å². The van der Waals surface area contributed by atoms with E-state index in [2.05, 4.69) is 0 Å². The first-order valence-corrected chi connectivity index (χ1v) is 11.8. The monoisotopic (exact) mass is 499 g/mol. The summed E-state index contributed by atoms with van der Waals surface area (Å²) in [5.41, 5.74) is 3.86. The number of methoxy groups -OCH3 is 3. The number of carboxylic acids is 1. The molecule has 0 saturated carbocycles. The summed E-state index contributed by atoms with van der Waals surface area (Å²) in [6.07, 6.45) is 0.912. The van der Waals surface area contributed by atoms with Gasteiger partial charge < -0.3 is 24.1 Å². The second kappa shape index (κ2) is 11.9. The number of nitrogens with zero attached hydrogens (tertiary/aromatic N) is 1. The maximum atomic E-state index is 12.0. The Bertz CT molecular complexity index is 1370. The Morgan fingerprint density at radius 3 is 2.16 bits per heavy atom. The molecule has 0 saturated heterocycles. The second-order valence-corrected chi connectivity index (χ2v) is 8.31. The first kappa shape index (κ1) is 25.6. The third kappa shape index (κ3) is 6.19. The van der Waals surface area contributed by atoms with Crippen LogP contribution in [0, 0.1) is 0 Å². The van der Waals surface area contributed by atoms with Gasteiger partial charge in [0.1, 0.15) is 29.6 Å². The first-order valence-electron chi connectivity index (χ1n) is 11.8. The topological polar surface area (TPSA) is 87.1 Å². The number of hydrogen-bond acceptors (Lipinski definition) is 6. The fourth-order valence-corrected chi connectivity index (χ4v) is 4.06. The van der Waals surface area contributed by atoms with Crippen molar-refractivity contribution in [2.75, 3.05) is 21.3 Å². The average Bonchev–Trinajstić information content (AvgIpc) is 2.95. The van der Waals surface area contributed by atoms with E-state index in [4.69, 9.17) is 23.9 Å². The minimum Gasteiger partial charge on any atom is -0.497 e. The van der Waals surface area contributed by atoms with Crippen LogP contribution in [0.2, 0.25) is 0 Å². The summed E-state index contributed by atoms with van der Waals surface area (Å²) in [5.74, 6) is 1.65. The molecule has 1 aromatic heterocycles. The van der Waals surface area contributed by atoms with Crippen LogP contribution in [0.4, 0.5) is 0 Å². The Morgan fingerprint density at radius 1 is 0.784 bits per heavy atom. The summed E-state index contributed by atoms with van der Waals surface area (Å²) in [5, 5.41) is 9.82. The van der Waals surface area contributed by atoms with Crippen molar-refractivity contribution < 1.29 is 28.8 Å². The van der Waals surface area contributed by atoms with E-state index < -0.39 is 5.97 Å². The summed E-state index contributed by atoms with van der Waals surface area (Å²) in [6, 6.07) is 24.2. The average molecular weight is 500 g/mol. The second-order valence-electron chi connectivity index (χ2n) is 8.31. The van der Waals surface area contributed by atoms with Crippen molar-refractivity contribution >= 4 is 5.97 Å². The SMILES string of the molecule is COc1ccc(OC)c(CCc2nc(-c3cc(OC)ccc3OCc3ccccc3)ccc2C(=O)O)c1. The highest BCUT2D eigenvalue weighted by atomic mass is 16.5. The molecule has 0 aliphatic carbocycles. The van der Waals surface area contributed by atoms with Gasteiger partial charge in [0, 0.05) is 5.56 Å². The molecule has 0 bridgehead atoms. The van der Waals surface area contributed by atoms with E-state index >= 15 is 0 Å². The molecular weight excluding hydrogens is 470 g/mol. The summed E-state index contributed by atoms with van der Waals surface area (Å²) in [6.45, 7) is 0.385. The van der Waals surface area contributed by atoms with Gasteiger partial charge in [0.05, 0.1) is 38.3 Å². The molecule has 4 rings (SSSR count). The van der Waals surface area contributed by atoms with Crippen molar-refractivity contribution in [2.24, 2.45) is 0 Å². The van der Waals surface area contributed by atoms with Crippen molar-refractivity contribution in [1.29, 1.82) is 0 Å². The Morgan fingerprint density at radius 2 is 1.49 bits per heavy atom. The zero-order chi connectivity index (χ0) is 26.2. The van der Waals surface area contributed by atoms with Gasteiger partial charge in [0.15, 0.2) is 0 Å². The predicted molar refractivity (Wildman–Crippen MR) is 141 cm³/mol. The van der Waals surface area contributed by atoms with Crippen molar-refractivity contribution in [3.8, 4) is 34.3 Å². The molecule has 4 aromatic rings. The molecule has 190 valence electrons. The standard InChI is InChI=1S/C30H29NO6/c1-34-22-10-15-28(36-3)21(17-22)9-13-26-24(30(32)33)12-14-27(31-26)25-18-23(35-2)11-16-29(25)37-19-20-7-5-4-6-8-20/h4-8,10-12,14-18H,9,13,19H2,1-3H3,(H,32,33). The fraction of sp³-hybridized carbons (Fsp3) is 0.200. The summed E-state index contributed by atoms with van der Waals surface area (Å²) in [4.78, 5) is 16.8. The number of carbonyl (C=O) groups is 1. The molecule has 0 spiro atoms. The number of rotatable bonds is 11. The number of benzene rings is 3. The van der Waals surface area contributed by atoms with Crippen LogP contribution in [0.5, 0.6) is 23.0 Å². The zero-order valence-corrected chi connectivity index (χ0v) is 21.1. The molecule has 0 aliphatic rings. The molecule has 0 unspecified atom stereocenters. The van der Waals surface area contributed by atoms with Gasteiger partial charge in [-0.25, -0.2) is 4.79 Å². The lowest BCUT2D eigenvalue weighted by Crippen LogP contribution is -2.08. The van der Waals surface area contributed by atoms with E-state index in [1.807, 2.05) is 66.7 Å². The quantitative estimate of drug-likeness (QED) is 0.278. The number of pyridine rings is 1. The number of ether oxygens (including phenoxy) is 4. The van der Waals surface area contributed by atoms with Crippen LogP contribution < -0.4 is 18.9 Å². The Balaban J connectivity index is 1.68. The molecular formula is C30H29NO6. The maximum Gasteiger partial charge on any atom is 0.337 e. The van der Waals surface area contributed by atoms with Crippen LogP contribution in [0.3, 0.4) is 0 Å². The van der Waals surface area contributed by atoms with Gasteiger partial charge in [-0.1, -0.05) is 30.3 Å². The number of carboxylic acid groups (broad SMARTS) is 1. The molecule has 1 N–H and O–H groups in total. The van der Waals surface area contributed by atoms with Gasteiger partial charge in [0.2, 0.25) is 0 Å². The summed E-state index contributed by atoms with van der Waals surface area (Å²) >= 11 is 0. The van der Waals surface area contributed by atoms with Crippen molar-refractivity contribution in [3.05, 3.63) is 101 Å². The molecule has 7 nitrogen and oxygen atoms in total. The molecule has 0 fully saturated rings. The summed E-state index contributed by atoms with van der Waals surface area (Å²) < 4.78 is 22.4. The van der Waals surface area contributed by atoms with Gasteiger partial charge in [0.25, 0.3) is 0 Å². The Labute approximate surface area is 216 Å². The van der Waals surface area contributed by atoms with E-state index in [-0.39, 0.29) is 5.56 Å². The smallest absolute Gasteiger partial charge is 0.337 e. The minimum absolute atomic E-state index is 0.153. The third-order valence-corrected chi connectivity index (χ3v) is 6.02. The van der Waals surface area contributed by atoms with Crippen molar-refractivity contribution in [3.63, 3.8) is 0 Å². The minimum atomic E-state index is -1.03. The van der Waals surface area contributed by atoms with Crippen LogP contribution in [-0.2, 0) is 19.4 Å². The fourth-order valence-electron chi connectivity index (χ4n) is 4.06. The first-order chi connectivity index (χ1) is 18.0. The van der Waals surface area contributed by atoms with Gasteiger partial charge >= 0.3 is 5.97 Å². The van der Waals surface area contributed by atoms with Gasteiger partial charge in [-0.2, -0.15) is 0 Å². The van der Waals surface area contributed by atoms with Gasteiger partial charge in [-0.05, 0) is 72.5 Å². The third-order valence-electron chi connectivity index (χ3n) is 6.02. The van der Waals surface area contributed by atoms with Crippen LogP contribution in [0.15, 0.2) is 78.9 Å². The highest BCUT2D eigenvalue weighted by Crippen LogP contribution is 2.34. The lowest BCUT2D eigenvalue weighted by molar-refractivity contribution is 0.0695. The molecule has 37 heavy (non-hydrogen) atoms. The maximum absolute atomic E-state index is 12.0. The van der Waals surface area contributed by atoms with E-state index in [0.29, 0.717) is 59.4 Å². The largest absolute Gasteiger partial charge is 0.497 e. The Kier molecular flexibility index (Phi) is 8.26. The zero-order valence-electron chi connectivity index (χ0n) is 21.1. The molecule has 3 aromatic carbocycles. The Hall–Kier alpha value is -4.52. The molecule has 0 amide bonds. The number of aromatic carboxylic acids is 1.